The van der Waals surface area contributed by atoms with Crippen molar-refractivity contribution >= 4 is 0 Å². The van der Waals surface area contributed by atoms with Crippen molar-refractivity contribution in [2.24, 2.45) is 0 Å². The zero-order valence-corrected chi connectivity index (χ0v) is 5.55. The van der Waals surface area contributed by atoms with Gasteiger partial charge in [-0.25, -0.2) is 0 Å². The SMILES string of the molecule is [2H]C([2H])([2H])c1c(O)ccc(O)c1C. The van der Waals surface area contributed by atoms with E-state index in [4.69, 9.17) is 4.11 Å². The van der Waals surface area contributed by atoms with Crippen molar-refractivity contribution in [3.8, 4) is 11.5 Å². The minimum atomic E-state index is -2.40. The summed E-state index contributed by atoms with van der Waals surface area (Å²) < 4.78 is 21.3. The Morgan fingerprint density at radius 2 is 1.70 bits per heavy atom. The number of aromatic hydroxyl groups is 2. The summed E-state index contributed by atoms with van der Waals surface area (Å²) >= 11 is 0. The average Bonchev–Trinajstić information content (AvgIpc) is 1.95. The molecule has 0 bridgehead atoms. The Labute approximate surface area is 64.0 Å². The Balaban J connectivity index is 3.43. The lowest BCUT2D eigenvalue weighted by molar-refractivity contribution is 0.453. The molecule has 0 atom stereocenters. The molecule has 0 aliphatic heterocycles. The molecule has 1 aromatic carbocycles. The molecule has 0 fully saturated rings. The molecule has 0 aliphatic carbocycles. The Morgan fingerprint density at radius 3 is 2.10 bits per heavy atom. The number of hydrogen-bond acceptors (Lipinski definition) is 2. The Kier molecular flexibility index (Phi) is 0.854. The van der Waals surface area contributed by atoms with Crippen molar-refractivity contribution in [2.75, 3.05) is 0 Å². The van der Waals surface area contributed by atoms with E-state index in [1.165, 1.54) is 19.1 Å². The molecule has 10 heavy (non-hydrogen) atoms. The first-order valence-electron chi connectivity index (χ1n) is 4.36. The van der Waals surface area contributed by atoms with Gasteiger partial charge in [-0.2, -0.15) is 0 Å². The van der Waals surface area contributed by atoms with Gasteiger partial charge in [0, 0.05) is 4.11 Å². The van der Waals surface area contributed by atoms with Gasteiger partial charge in [0.25, 0.3) is 0 Å². The first kappa shape index (κ1) is 3.86. The first-order chi connectivity index (χ1) is 5.84. The third-order valence-electron chi connectivity index (χ3n) is 1.41. The van der Waals surface area contributed by atoms with E-state index in [1.807, 2.05) is 0 Å². The van der Waals surface area contributed by atoms with Crippen LogP contribution in [-0.4, -0.2) is 10.2 Å². The van der Waals surface area contributed by atoms with Gasteiger partial charge >= 0.3 is 0 Å². The summed E-state index contributed by atoms with van der Waals surface area (Å²) in [6, 6.07) is 2.43. The molecule has 1 rings (SSSR count). The van der Waals surface area contributed by atoms with E-state index in [1.54, 1.807) is 0 Å². The molecule has 0 radical (unpaired) electrons. The van der Waals surface area contributed by atoms with Crippen LogP contribution in [0.15, 0.2) is 12.1 Å². The van der Waals surface area contributed by atoms with Gasteiger partial charge in [-0.3, -0.25) is 0 Å². The van der Waals surface area contributed by atoms with Gasteiger partial charge in [0.15, 0.2) is 0 Å². The number of rotatable bonds is 0. The topological polar surface area (TPSA) is 40.5 Å². The third-order valence-corrected chi connectivity index (χ3v) is 1.41. The zero-order chi connectivity index (χ0) is 10.2. The second-order valence-electron chi connectivity index (χ2n) is 2.10. The van der Waals surface area contributed by atoms with E-state index in [2.05, 4.69) is 0 Å². The summed E-state index contributed by atoms with van der Waals surface area (Å²) in [5.74, 6) is -0.431. The minimum absolute atomic E-state index is 0.121. The molecular weight excluding hydrogens is 128 g/mol. The van der Waals surface area contributed by atoms with Gasteiger partial charge in [-0.1, -0.05) is 0 Å². The van der Waals surface area contributed by atoms with Crippen molar-refractivity contribution in [1.29, 1.82) is 0 Å². The highest BCUT2D eigenvalue weighted by molar-refractivity contribution is 5.45. The second-order valence-corrected chi connectivity index (χ2v) is 2.10. The Hall–Kier alpha value is -1.18. The number of hydrogen-bond donors (Lipinski definition) is 2. The molecule has 0 aromatic heterocycles. The summed E-state index contributed by atoms with van der Waals surface area (Å²) in [4.78, 5) is 0. The van der Waals surface area contributed by atoms with Crippen LogP contribution < -0.4 is 0 Å². The third kappa shape index (κ3) is 0.923. The van der Waals surface area contributed by atoms with Crippen LogP contribution in [0.5, 0.6) is 11.5 Å². The molecule has 2 heteroatoms. The molecule has 0 heterocycles. The molecule has 1 aromatic rings. The normalized spacial score (nSPS) is 15.5. The molecule has 2 nitrogen and oxygen atoms in total. The van der Waals surface area contributed by atoms with Crippen LogP contribution in [0.25, 0.3) is 0 Å². The zero-order valence-electron chi connectivity index (χ0n) is 8.55. The fourth-order valence-corrected chi connectivity index (χ4v) is 0.686. The van der Waals surface area contributed by atoms with E-state index in [0.29, 0.717) is 0 Å². The van der Waals surface area contributed by atoms with Crippen molar-refractivity contribution in [3.05, 3.63) is 23.3 Å². The van der Waals surface area contributed by atoms with Gasteiger partial charge in [-0.15, -0.1) is 0 Å². The maximum atomic E-state index is 9.28. The molecule has 54 valence electrons. The van der Waals surface area contributed by atoms with Crippen LogP contribution in [-0.2, 0) is 0 Å². The van der Waals surface area contributed by atoms with Crippen LogP contribution in [0.4, 0.5) is 0 Å². The predicted octanol–water partition coefficient (Wildman–Crippen LogP) is 1.71. The van der Waals surface area contributed by atoms with E-state index in [0.717, 1.165) is 0 Å². The largest absolute Gasteiger partial charge is 0.508 e. The summed E-state index contributed by atoms with van der Waals surface area (Å²) in [5, 5.41) is 18.5. The second kappa shape index (κ2) is 2.21. The lowest BCUT2D eigenvalue weighted by Crippen LogP contribution is -1.81. The van der Waals surface area contributed by atoms with E-state index in [-0.39, 0.29) is 22.6 Å². The van der Waals surface area contributed by atoms with Crippen LogP contribution >= 0.6 is 0 Å². The van der Waals surface area contributed by atoms with Crippen molar-refractivity contribution in [3.63, 3.8) is 0 Å². The van der Waals surface area contributed by atoms with Crippen molar-refractivity contribution < 1.29 is 14.3 Å². The van der Waals surface area contributed by atoms with E-state index < -0.39 is 6.85 Å². The smallest absolute Gasteiger partial charge is 0.119 e. The summed E-state index contributed by atoms with van der Waals surface area (Å²) in [7, 11) is 0. The number of phenolic OH excluding ortho intramolecular Hbond substituents is 2. The maximum absolute atomic E-state index is 9.28. The van der Waals surface area contributed by atoms with Crippen LogP contribution in [0, 0.1) is 13.8 Å². The standard InChI is InChI=1S/C8H10O2/c1-5-6(2)8(10)4-3-7(5)9/h3-4,9-10H,1-2H3/i1D3. The van der Waals surface area contributed by atoms with E-state index >= 15 is 0 Å². The Bertz CT molecular complexity index is 331. The summed E-state index contributed by atoms with van der Waals surface area (Å²) in [5.41, 5.74) is 0.00694. The monoisotopic (exact) mass is 141 g/mol. The highest BCUT2D eigenvalue weighted by Crippen LogP contribution is 2.26. The van der Waals surface area contributed by atoms with Crippen LogP contribution in [0.2, 0.25) is 0 Å². The summed E-state index contributed by atoms with van der Waals surface area (Å²) in [6.07, 6.45) is 0. The molecule has 2 N–H and O–H groups in total. The molecule has 0 saturated heterocycles. The molecule has 0 aliphatic rings. The average molecular weight is 141 g/mol. The van der Waals surface area contributed by atoms with Crippen molar-refractivity contribution in [2.45, 2.75) is 13.8 Å². The quantitative estimate of drug-likeness (QED) is 0.540. The highest BCUT2D eigenvalue weighted by Gasteiger charge is 2.02. The number of benzene rings is 1. The Morgan fingerprint density at radius 1 is 1.20 bits per heavy atom. The maximum Gasteiger partial charge on any atom is 0.119 e. The molecule has 0 unspecified atom stereocenters. The predicted molar refractivity (Wildman–Crippen MR) is 39.2 cm³/mol. The highest BCUT2D eigenvalue weighted by atomic mass is 16.3. The van der Waals surface area contributed by atoms with Crippen LogP contribution in [0.3, 0.4) is 0 Å². The van der Waals surface area contributed by atoms with Gasteiger partial charge in [0.05, 0.1) is 0 Å². The van der Waals surface area contributed by atoms with Gasteiger partial charge in [0.2, 0.25) is 0 Å². The van der Waals surface area contributed by atoms with Crippen LogP contribution in [0.1, 0.15) is 15.2 Å². The fraction of sp³-hybridized carbons (Fsp3) is 0.250. The van der Waals surface area contributed by atoms with Gasteiger partial charge < -0.3 is 10.2 Å². The lowest BCUT2D eigenvalue weighted by atomic mass is 10.1. The van der Waals surface area contributed by atoms with Crippen molar-refractivity contribution in [1.82, 2.24) is 0 Å². The lowest BCUT2D eigenvalue weighted by Gasteiger charge is -2.03. The molecule has 0 amide bonds. The molecular formula is C8H10O2. The summed E-state index contributed by atoms with van der Waals surface area (Å²) in [6.45, 7) is -0.941. The van der Waals surface area contributed by atoms with E-state index in [9.17, 15) is 10.2 Å². The molecule has 0 spiro atoms. The first-order valence-corrected chi connectivity index (χ1v) is 2.86. The minimum Gasteiger partial charge on any atom is -0.508 e. The number of phenols is 2. The van der Waals surface area contributed by atoms with Gasteiger partial charge in [0.1, 0.15) is 11.5 Å². The van der Waals surface area contributed by atoms with Gasteiger partial charge in [-0.05, 0) is 37.0 Å². The molecule has 0 saturated carbocycles. The fourth-order valence-electron chi connectivity index (χ4n) is 0.686.